The molecule has 25 heavy (non-hydrogen) atoms. The fourth-order valence-electron chi connectivity index (χ4n) is 2.41. The van der Waals surface area contributed by atoms with E-state index in [0.717, 1.165) is 5.56 Å². The van der Waals surface area contributed by atoms with Gasteiger partial charge < -0.3 is 19.5 Å². The summed E-state index contributed by atoms with van der Waals surface area (Å²) in [4.78, 5) is 12.4. The first-order valence-electron chi connectivity index (χ1n) is 7.75. The van der Waals surface area contributed by atoms with Crippen LogP contribution in [0.5, 0.6) is 17.2 Å². The van der Waals surface area contributed by atoms with E-state index >= 15 is 0 Å². The Morgan fingerprint density at radius 1 is 1.20 bits per heavy atom. The second-order valence-electron chi connectivity index (χ2n) is 5.68. The molecule has 0 fully saturated rings. The Bertz CT molecular complexity index is 799. The molecule has 132 valence electrons. The van der Waals surface area contributed by atoms with Gasteiger partial charge in [-0.1, -0.05) is 6.07 Å². The zero-order valence-electron chi connectivity index (χ0n) is 13.7. The molecule has 0 saturated carbocycles. The van der Waals surface area contributed by atoms with Gasteiger partial charge in [0.2, 0.25) is 6.79 Å². The fourth-order valence-corrected chi connectivity index (χ4v) is 2.86. The van der Waals surface area contributed by atoms with Gasteiger partial charge in [-0.2, -0.15) is 0 Å². The number of nitrogens with one attached hydrogen (secondary N) is 1. The Balaban J connectivity index is 1.62. The summed E-state index contributed by atoms with van der Waals surface area (Å²) in [7, 11) is 0. The smallest absolute Gasteiger partial charge is 0.261 e. The number of hydrogen-bond donors (Lipinski definition) is 1. The van der Waals surface area contributed by atoms with Crippen molar-refractivity contribution in [1.82, 2.24) is 5.32 Å². The zero-order valence-corrected chi connectivity index (χ0v) is 15.3. The Morgan fingerprint density at radius 2 is 1.96 bits per heavy atom. The molecule has 0 saturated heterocycles. The quantitative estimate of drug-likeness (QED) is 0.811. The summed E-state index contributed by atoms with van der Waals surface area (Å²) in [6.07, 6.45) is -0.738. The molecule has 7 heteroatoms. The van der Waals surface area contributed by atoms with Crippen LogP contribution < -0.4 is 19.5 Å². The normalized spacial score (nSPS) is 14.7. The lowest BCUT2D eigenvalue weighted by Crippen LogP contribution is -2.37. The third-order valence-electron chi connectivity index (χ3n) is 3.82. The number of hydrogen-bond acceptors (Lipinski definition) is 4. The van der Waals surface area contributed by atoms with Gasteiger partial charge in [-0.25, -0.2) is 4.39 Å². The molecular formula is C18H17BrFNO4. The van der Waals surface area contributed by atoms with Crippen LogP contribution in [0.3, 0.4) is 0 Å². The predicted molar refractivity (Wildman–Crippen MR) is 93.3 cm³/mol. The van der Waals surface area contributed by atoms with Gasteiger partial charge in [0.05, 0.1) is 10.5 Å². The Hall–Kier alpha value is -2.28. The standard InChI is InChI=1S/C18H17BrFNO4/c1-10(12-3-5-16-17(7-12)24-9-23-16)21-18(22)11(2)25-15-6-4-13(20)8-14(15)19/h3-8,10-11H,9H2,1-2H3,(H,21,22). The highest BCUT2D eigenvalue weighted by molar-refractivity contribution is 9.10. The van der Waals surface area contributed by atoms with Crippen molar-refractivity contribution in [3.05, 3.63) is 52.3 Å². The molecule has 1 N–H and O–H groups in total. The van der Waals surface area contributed by atoms with Crippen molar-refractivity contribution in [2.75, 3.05) is 6.79 Å². The van der Waals surface area contributed by atoms with E-state index in [-0.39, 0.29) is 24.6 Å². The van der Waals surface area contributed by atoms with Crippen LogP contribution in [0.2, 0.25) is 0 Å². The van der Waals surface area contributed by atoms with Gasteiger partial charge in [0, 0.05) is 0 Å². The van der Waals surface area contributed by atoms with Crippen molar-refractivity contribution in [2.24, 2.45) is 0 Å². The topological polar surface area (TPSA) is 56.8 Å². The third kappa shape index (κ3) is 4.04. The second kappa shape index (κ2) is 7.31. The summed E-state index contributed by atoms with van der Waals surface area (Å²) in [6, 6.07) is 9.34. The monoisotopic (exact) mass is 409 g/mol. The van der Waals surface area contributed by atoms with E-state index < -0.39 is 6.10 Å². The Morgan fingerprint density at radius 3 is 2.72 bits per heavy atom. The van der Waals surface area contributed by atoms with Crippen LogP contribution in [-0.4, -0.2) is 18.8 Å². The van der Waals surface area contributed by atoms with Gasteiger partial charge in [-0.3, -0.25) is 4.79 Å². The molecule has 0 spiro atoms. The van der Waals surface area contributed by atoms with E-state index in [4.69, 9.17) is 14.2 Å². The van der Waals surface area contributed by atoms with Crippen molar-refractivity contribution in [1.29, 1.82) is 0 Å². The summed E-state index contributed by atoms with van der Waals surface area (Å²) in [6.45, 7) is 3.71. The van der Waals surface area contributed by atoms with Gasteiger partial charge in [0.25, 0.3) is 5.91 Å². The Kier molecular flexibility index (Phi) is 5.13. The number of carbonyl (C=O) groups excluding carboxylic acids is 1. The summed E-state index contributed by atoms with van der Waals surface area (Å²) in [5.74, 6) is 1.10. The highest BCUT2D eigenvalue weighted by Crippen LogP contribution is 2.34. The maximum atomic E-state index is 13.1. The molecule has 2 aromatic rings. The van der Waals surface area contributed by atoms with Crippen LogP contribution >= 0.6 is 15.9 Å². The lowest BCUT2D eigenvalue weighted by molar-refractivity contribution is -0.127. The molecule has 0 aliphatic carbocycles. The lowest BCUT2D eigenvalue weighted by atomic mass is 10.1. The van der Waals surface area contributed by atoms with E-state index in [1.54, 1.807) is 6.92 Å². The first-order valence-corrected chi connectivity index (χ1v) is 8.55. The minimum atomic E-state index is -0.738. The molecule has 3 rings (SSSR count). The van der Waals surface area contributed by atoms with Crippen LogP contribution in [-0.2, 0) is 4.79 Å². The fraction of sp³-hybridized carbons (Fsp3) is 0.278. The molecule has 1 aliphatic heterocycles. The molecule has 1 heterocycles. The van der Waals surface area contributed by atoms with Gasteiger partial charge in [0.1, 0.15) is 11.6 Å². The maximum Gasteiger partial charge on any atom is 0.261 e. The first-order chi connectivity index (χ1) is 11.9. The van der Waals surface area contributed by atoms with Crippen molar-refractivity contribution in [2.45, 2.75) is 26.0 Å². The average Bonchev–Trinajstić information content (AvgIpc) is 3.04. The molecule has 0 bridgehead atoms. The van der Waals surface area contributed by atoms with Crippen LogP contribution in [0.15, 0.2) is 40.9 Å². The second-order valence-corrected chi connectivity index (χ2v) is 6.53. The number of rotatable bonds is 5. The van der Waals surface area contributed by atoms with E-state index in [2.05, 4.69) is 21.2 Å². The average molecular weight is 410 g/mol. The van der Waals surface area contributed by atoms with Crippen molar-refractivity contribution < 1.29 is 23.4 Å². The van der Waals surface area contributed by atoms with Crippen molar-refractivity contribution in [3.63, 3.8) is 0 Å². The van der Waals surface area contributed by atoms with E-state index in [9.17, 15) is 9.18 Å². The molecule has 1 aliphatic rings. The number of halogens is 2. The highest BCUT2D eigenvalue weighted by Gasteiger charge is 2.21. The molecule has 5 nitrogen and oxygen atoms in total. The number of fused-ring (bicyclic) bond motifs is 1. The first kappa shape index (κ1) is 17.5. The van der Waals surface area contributed by atoms with Gasteiger partial charge in [0.15, 0.2) is 17.6 Å². The highest BCUT2D eigenvalue weighted by atomic mass is 79.9. The SMILES string of the molecule is CC(Oc1ccc(F)cc1Br)C(=O)NC(C)c1ccc2c(c1)OCO2. The summed E-state index contributed by atoms with van der Waals surface area (Å²) in [5, 5.41) is 2.89. The van der Waals surface area contributed by atoms with Crippen LogP contribution in [0, 0.1) is 5.82 Å². The van der Waals surface area contributed by atoms with Gasteiger partial charge in [-0.15, -0.1) is 0 Å². The summed E-state index contributed by atoms with van der Waals surface area (Å²) >= 11 is 3.22. The van der Waals surface area contributed by atoms with Crippen LogP contribution in [0.1, 0.15) is 25.5 Å². The largest absolute Gasteiger partial charge is 0.480 e. The number of carbonyl (C=O) groups is 1. The van der Waals surface area contributed by atoms with Crippen molar-refractivity contribution >= 4 is 21.8 Å². The molecule has 0 aromatic heterocycles. The summed E-state index contributed by atoms with van der Waals surface area (Å²) in [5.41, 5.74) is 0.896. The number of ether oxygens (including phenoxy) is 3. The molecule has 2 atom stereocenters. The molecule has 1 amide bonds. The van der Waals surface area contributed by atoms with Gasteiger partial charge >= 0.3 is 0 Å². The predicted octanol–water partition coefficient (Wildman–Crippen LogP) is 3.96. The molecular weight excluding hydrogens is 393 g/mol. The zero-order chi connectivity index (χ0) is 18.0. The van der Waals surface area contributed by atoms with E-state index in [1.807, 2.05) is 25.1 Å². The van der Waals surface area contributed by atoms with E-state index in [0.29, 0.717) is 21.7 Å². The summed E-state index contributed by atoms with van der Waals surface area (Å²) < 4.78 is 29.8. The minimum absolute atomic E-state index is 0.205. The van der Waals surface area contributed by atoms with Crippen LogP contribution in [0.25, 0.3) is 0 Å². The molecule has 2 aromatic carbocycles. The lowest BCUT2D eigenvalue weighted by Gasteiger charge is -2.19. The van der Waals surface area contributed by atoms with Crippen LogP contribution in [0.4, 0.5) is 4.39 Å². The molecule has 0 radical (unpaired) electrons. The third-order valence-corrected chi connectivity index (χ3v) is 4.44. The molecule has 2 unspecified atom stereocenters. The van der Waals surface area contributed by atoms with Crippen molar-refractivity contribution in [3.8, 4) is 17.2 Å². The van der Waals surface area contributed by atoms with E-state index in [1.165, 1.54) is 18.2 Å². The maximum absolute atomic E-state index is 13.1. The number of amides is 1. The Labute approximate surface area is 153 Å². The minimum Gasteiger partial charge on any atom is -0.480 e. The number of benzene rings is 2. The van der Waals surface area contributed by atoms with Gasteiger partial charge in [-0.05, 0) is 65.7 Å².